The maximum atomic E-state index is 12.2. The van der Waals surface area contributed by atoms with Crippen LogP contribution < -0.4 is 10.2 Å². The maximum Gasteiger partial charge on any atom is 0.289 e. The lowest BCUT2D eigenvalue weighted by atomic mass is 10.1. The number of aromatic hydroxyl groups is 1. The molecule has 0 aliphatic heterocycles. The van der Waals surface area contributed by atoms with Gasteiger partial charge in [-0.25, -0.2) is 5.43 Å². The molecule has 0 fully saturated rings. The minimum atomic E-state index is -0.430. The van der Waals surface area contributed by atoms with E-state index in [0.29, 0.717) is 11.3 Å². The number of hydrazone groups is 1. The van der Waals surface area contributed by atoms with Crippen LogP contribution in [0.3, 0.4) is 0 Å². The molecule has 138 valence electrons. The van der Waals surface area contributed by atoms with Crippen molar-refractivity contribution in [3.63, 3.8) is 0 Å². The van der Waals surface area contributed by atoms with Gasteiger partial charge in [0.2, 0.25) is 0 Å². The number of carbonyl (C=O) groups excluding carboxylic acids is 1. The molecule has 0 spiro atoms. The number of aromatic nitrogens is 2. The van der Waals surface area contributed by atoms with E-state index in [0.717, 1.165) is 11.3 Å². The molecule has 0 atom stereocenters. The summed E-state index contributed by atoms with van der Waals surface area (Å²) < 4.78 is 5.61. The first-order valence-electron chi connectivity index (χ1n) is 8.47. The minimum absolute atomic E-state index is 0.0872. The van der Waals surface area contributed by atoms with E-state index in [9.17, 15) is 9.90 Å². The predicted octanol–water partition coefficient (Wildman–Crippen LogP) is 3.33. The van der Waals surface area contributed by atoms with Crippen LogP contribution in [0.1, 0.15) is 29.9 Å². The van der Waals surface area contributed by atoms with Crippen molar-refractivity contribution in [1.29, 1.82) is 0 Å². The SMILES string of the molecule is CC(C)Oc1ccc(-c2cc(C(=O)N/N=C\c3ccccc3O)[nH]n2)cc1. The largest absolute Gasteiger partial charge is 0.507 e. The minimum Gasteiger partial charge on any atom is -0.507 e. The van der Waals surface area contributed by atoms with Crippen molar-refractivity contribution < 1.29 is 14.6 Å². The molecule has 3 aromatic rings. The van der Waals surface area contributed by atoms with Crippen molar-refractivity contribution in [2.45, 2.75) is 20.0 Å². The van der Waals surface area contributed by atoms with Gasteiger partial charge in [-0.2, -0.15) is 10.2 Å². The standard InChI is InChI=1S/C20H20N4O3/c1-13(2)27-16-9-7-14(8-10-16)17-11-18(23-22-17)20(26)24-21-12-15-5-3-4-6-19(15)25/h3-13,25H,1-2H3,(H,22,23)(H,24,26)/b21-12-. The Morgan fingerprint density at radius 1 is 1.22 bits per heavy atom. The van der Waals surface area contributed by atoms with E-state index in [2.05, 4.69) is 20.7 Å². The van der Waals surface area contributed by atoms with E-state index >= 15 is 0 Å². The Morgan fingerprint density at radius 3 is 2.67 bits per heavy atom. The van der Waals surface area contributed by atoms with Gasteiger partial charge in [0.15, 0.2) is 0 Å². The molecule has 3 N–H and O–H groups in total. The second-order valence-corrected chi connectivity index (χ2v) is 6.12. The van der Waals surface area contributed by atoms with E-state index < -0.39 is 5.91 Å². The summed E-state index contributed by atoms with van der Waals surface area (Å²) in [6.07, 6.45) is 1.48. The molecule has 7 nitrogen and oxygen atoms in total. The molecule has 2 aromatic carbocycles. The maximum absolute atomic E-state index is 12.2. The molecule has 1 heterocycles. The predicted molar refractivity (Wildman–Crippen MR) is 103 cm³/mol. The van der Waals surface area contributed by atoms with Crippen molar-refractivity contribution in [1.82, 2.24) is 15.6 Å². The summed E-state index contributed by atoms with van der Waals surface area (Å²) in [6.45, 7) is 3.93. The molecule has 0 aliphatic carbocycles. The molecule has 0 aliphatic rings. The van der Waals surface area contributed by atoms with Crippen molar-refractivity contribution in [3.05, 3.63) is 65.9 Å². The van der Waals surface area contributed by atoms with E-state index in [-0.39, 0.29) is 17.5 Å². The lowest BCUT2D eigenvalue weighted by Crippen LogP contribution is -2.18. The fourth-order valence-electron chi connectivity index (χ4n) is 2.38. The highest BCUT2D eigenvalue weighted by atomic mass is 16.5. The first-order chi connectivity index (χ1) is 13.0. The lowest BCUT2D eigenvalue weighted by Gasteiger charge is -2.09. The molecule has 1 aromatic heterocycles. The van der Waals surface area contributed by atoms with Gasteiger partial charge in [0.05, 0.1) is 18.0 Å². The number of hydrogen-bond donors (Lipinski definition) is 3. The number of nitrogens with zero attached hydrogens (tertiary/aromatic N) is 2. The zero-order valence-corrected chi connectivity index (χ0v) is 15.0. The van der Waals surface area contributed by atoms with Gasteiger partial charge in [-0.05, 0) is 56.3 Å². The van der Waals surface area contributed by atoms with Crippen LogP contribution in [0, 0.1) is 0 Å². The van der Waals surface area contributed by atoms with Crippen molar-refractivity contribution >= 4 is 12.1 Å². The number of carbonyl (C=O) groups is 1. The number of ether oxygens (including phenoxy) is 1. The average molecular weight is 364 g/mol. The number of phenols is 1. The van der Waals surface area contributed by atoms with Crippen LogP contribution in [0.4, 0.5) is 0 Å². The molecule has 0 saturated heterocycles. The van der Waals surface area contributed by atoms with Crippen molar-refractivity contribution in [2.24, 2.45) is 5.10 Å². The summed E-state index contributed by atoms with van der Waals surface area (Å²) in [4.78, 5) is 12.2. The van der Waals surface area contributed by atoms with Gasteiger partial charge >= 0.3 is 0 Å². The summed E-state index contributed by atoms with van der Waals surface area (Å²) in [5, 5.41) is 20.4. The quantitative estimate of drug-likeness (QED) is 0.461. The van der Waals surface area contributed by atoms with Crippen molar-refractivity contribution in [3.8, 4) is 22.8 Å². The Balaban J connectivity index is 1.64. The third-order valence-electron chi connectivity index (χ3n) is 3.65. The Morgan fingerprint density at radius 2 is 1.96 bits per heavy atom. The number of phenolic OH excluding ortho intramolecular Hbond substituents is 1. The monoisotopic (exact) mass is 364 g/mol. The van der Waals surface area contributed by atoms with Crippen LogP contribution >= 0.6 is 0 Å². The fourth-order valence-corrected chi connectivity index (χ4v) is 2.38. The number of H-pyrrole nitrogens is 1. The second kappa shape index (κ2) is 8.18. The first kappa shape index (κ1) is 18.2. The Labute approximate surface area is 156 Å². The second-order valence-electron chi connectivity index (χ2n) is 6.12. The number of aromatic amines is 1. The smallest absolute Gasteiger partial charge is 0.289 e. The third-order valence-corrected chi connectivity index (χ3v) is 3.65. The number of para-hydroxylation sites is 1. The molecule has 7 heteroatoms. The van der Waals surface area contributed by atoms with E-state index in [4.69, 9.17) is 4.74 Å². The Kier molecular flexibility index (Phi) is 5.51. The summed E-state index contributed by atoms with van der Waals surface area (Å²) in [5.41, 5.74) is 4.68. The summed E-state index contributed by atoms with van der Waals surface area (Å²) >= 11 is 0. The molecule has 0 unspecified atom stereocenters. The van der Waals surface area contributed by atoms with Crippen LogP contribution in [0.15, 0.2) is 59.7 Å². The molecule has 0 saturated carbocycles. The van der Waals surface area contributed by atoms with Gasteiger partial charge in [0, 0.05) is 11.1 Å². The topological polar surface area (TPSA) is 99.6 Å². The van der Waals surface area contributed by atoms with E-state index in [1.165, 1.54) is 6.21 Å². The molecular formula is C20H20N4O3. The van der Waals surface area contributed by atoms with Crippen LogP contribution in [0.25, 0.3) is 11.3 Å². The number of hydrogen-bond acceptors (Lipinski definition) is 5. The average Bonchev–Trinajstić information content (AvgIpc) is 3.13. The van der Waals surface area contributed by atoms with Gasteiger partial charge in [-0.1, -0.05) is 12.1 Å². The van der Waals surface area contributed by atoms with E-state index in [1.807, 2.05) is 38.1 Å². The molecule has 3 rings (SSSR count). The number of amides is 1. The highest BCUT2D eigenvalue weighted by Crippen LogP contribution is 2.22. The highest BCUT2D eigenvalue weighted by Gasteiger charge is 2.10. The summed E-state index contributed by atoms with van der Waals surface area (Å²) in [7, 11) is 0. The zero-order valence-electron chi connectivity index (χ0n) is 15.0. The Bertz CT molecular complexity index is 946. The lowest BCUT2D eigenvalue weighted by molar-refractivity contribution is 0.0950. The number of nitrogens with one attached hydrogen (secondary N) is 2. The normalized spacial score (nSPS) is 11.1. The fraction of sp³-hybridized carbons (Fsp3) is 0.150. The highest BCUT2D eigenvalue weighted by molar-refractivity contribution is 5.94. The van der Waals surface area contributed by atoms with Crippen LogP contribution in [0.5, 0.6) is 11.5 Å². The van der Waals surface area contributed by atoms with E-state index in [1.54, 1.807) is 30.3 Å². The summed E-state index contributed by atoms with van der Waals surface area (Å²) in [6, 6.07) is 15.8. The molecule has 1 amide bonds. The number of rotatable bonds is 6. The molecule has 0 radical (unpaired) electrons. The molecular weight excluding hydrogens is 344 g/mol. The third kappa shape index (κ3) is 4.72. The zero-order chi connectivity index (χ0) is 19.2. The van der Waals surface area contributed by atoms with Gasteiger partial charge < -0.3 is 9.84 Å². The Hall–Kier alpha value is -3.61. The number of benzene rings is 2. The van der Waals surface area contributed by atoms with Crippen LogP contribution in [-0.4, -0.2) is 33.5 Å². The van der Waals surface area contributed by atoms with Gasteiger partial charge in [0.1, 0.15) is 17.2 Å². The van der Waals surface area contributed by atoms with Crippen molar-refractivity contribution in [2.75, 3.05) is 0 Å². The molecule has 0 bridgehead atoms. The van der Waals surface area contributed by atoms with Gasteiger partial charge in [-0.3, -0.25) is 9.89 Å². The first-order valence-corrected chi connectivity index (χ1v) is 8.47. The van der Waals surface area contributed by atoms with Gasteiger partial charge in [-0.15, -0.1) is 0 Å². The van der Waals surface area contributed by atoms with Gasteiger partial charge in [0.25, 0.3) is 5.91 Å². The molecule has 27 heavy (non-hydrogen) atoms. The van der Waals surface area contributed by atoms with Crippen LogP contribution in [-0.2, 0) is 0 Å². The van der Waals surface area contributed by atoms with Crippen LogP contribution in [0.2, 0.25) is 0 Å². The summed E-state index contributed by atoms with van der Waals surface area (Å²) in [5.74, 6) is 0.435.